The number of rotatable bonds is 4. The fraction of sp³-hybridized carbons (Fsp3) is 0.235. The van der Waals surface area contributed by atoms with E-state index in [2.05, 4.69) is 4.72 Å². The zero-order valence-electron chi connectivity index (χ0n) is 13.2. The number of sulfonamides is 1. The van der Waals surface area contributed by atoms with Crippen molar-refractivity contribution < 1.29 is 22.0 Å². The number of carbonyl (C=O) groups excluding carboxylic acids is 1. The highest BCUT2D eigenvalue weighted by atomic mass is 32.2. The lowest BCUT2D eigenvalue weighted by atomic mass is 10.1. The lowest BCUT2D eigenvalue weighted by molar-refractivity contribution is -0.119. The second kappa shape index (κ2) is 6.79. The summed E-state index contributed by atoms with van der Waals surface area (Å²) in [5, 5.41) is 0. The maximum atomic E-state index is 13.2. The molecule has 0 saturated carbocycles. The van der Waals surface area contributed by atoms with Crippen LogP contribution in [0.3, 0.4) is 0 Å². The molecule has 0 aromatic heterocycles. The molecule has 2 aromatic carbocycles. The number of benzene rings is 2. The topological polar surface area (TPSA) is 66.5 Å². The zero-order chi connectivity index (χ0) is 18.0. The molecule has 1 N–H and O–H groups in total. The fourth-order valence-corrected chi connectivity index (χ4v) is 3.71. The monoisotopic (exact) mass is 366 g/mol. The molecule has 1 aliphatic heterocycles. The van der Waals surface area contributed by atoms with E-state index in [4.69, 9.17) is 0 Å². The summed E-state index contributed by atoms with van der Waals surface area (Å²) in [6.07, 6.45) is 2.25. The number of hydrogen-bond acceptors (Lipinski definition) is 3. The first-order chi connectivity index (χ1) is 11.9. The molecule has 132 valence electrons. The van der Waals surface area contributed by atoms with Gasteiger partial charge < -0.3 is 4.90 Å². The Labute approximate surface area is 144 Å². The molecule has 5 nitrogen and oxygen atoms in total. The van der Waals surface area contributed by atoms with Gasteiger partial charge in [0.2, 0.25) is 5.91 Å². The van der Waals surface area contributed by atoms with Crippen LogP contribution in [0, 0.1) is 11.6 Å². The number of nitrogens with one attached hydrogen (secondary N) is 1. The molecule has 0 spiro atoms. The summed E-state index contributed by atoms with van der Waals surface area (Å²) in [5.41, 5.74) is 0.561. The first kappa shape index (κ1) is 17.3. The molecule has 1 heterocycles. The maximum absolute atomic E-state index is 13.2. The summed E-state index contributed by atoms with van der Waals surface area (Å²) in [6.45, 7) is 0.609. The smallest absolute Gasteiger partial charge is 0.261 e. The van der Waals surface area contributed by atoms with Crippen molar-refractivity contribution in [3.63, 3.8) is 0 Å². The molecule has 1 aliphatic rings. The highest BCUT2D eigenvalue weighted by Crippen LogP contribution is 2.24. The molecule has 8 heteroatoms. The van der Waals surface area contributed by atoms with Gasteiger partial charge in [-0.2, -0.15) is 0 Å². The van der Waals surface area contributed by atoms with Gasteiger partial charge in [-0.25, -0.2) is 17.2 Å². The van der Waals surface area contributed by atoms with E-state index < -0.39 is 21.7 Å². The highest BCUT2D eigenvalue weighted by molar-refractivity contribution is 7.92. The average molecular weight is 366 g/mol. The quantitative estimate of drug-likeness (QED) is 0.903. The van der Waals surface area contributed by atoms with Crippen LogP contribution in [0.2, 0.25) is 0 Å². The minimum Gasteiger partial charge on any atom is -0.312 e. The van der Waals surface area contributed by atoms with Crippen molar-refractivity contribution >= 4 is 27.3 Å². The Morgan fingerprint density at radius 3 is 2.32 bits per heavy atom. The molecule has 0 radical (unpaired) electrons. The van der Waals surface area contributed by atoms with Crippen LogP contribution < -0.4 is 9.62 Å². The Bertz CT molecular complexity index is 899. The van der Waals surface area contributed by atoms with Gasteiger partial charge in [-0.1, -0.05) is 0 Å². The number of amides is 1. The van der Waals surface area contributed by atoms with Crippen molar-refractivity contribution in [2.45, 2.75) is 24.2 Å². The summed E-state index contributed by atoms with van der Waals surface area (Å²) >= 11 is 0. The first-order valence-corrected chi connectivity index (χ1v) is 9.23. The summed E-state index contributed by atoms with van der Waals surface area (Å²) in [7, 11) is -3.95. The molecular formula is C17H16F2N2O3S. The summed E-state index contributed by atoms with van der Waals surface area (Å²) in [4.78, 5) is 13.5. The Balaban J connectivity index is 1.80. The van der Waals surface area contributed by atoms with Gasteiger partial charge >= 0.3 is 0 Å². The normalized spacial score (nSPS) is 15.3. The minimum atomic E-state index is -3.95. The largest absolute Gasteiger partial charge is 0.312 e. The second-order valence-electron chi connectivity index (χ2n) is 5.73. The van der Waals surface area contributed by atoms with Crippen molar-refractivity contribution in [2.24, 2.45) is 0 Å². The lowest BCUT2D eigenvalue weighted by Crippen LogP contribution is -2.35. The third-order valence-electron chi connectivity index (χ3n) is 3.95. The molecular weight excluding hydrogens is 350 g/mol. The van der Waals surface area contributed by atoms with E-state index >= 15 is 0 Å². The third-order valence-corrected chi connectivity index (χ3v) is 5.35. The van der Waals surface area contributed by atoms with Crippen LogP contribution in [0.15, 0.2) is 47.4 Å². The molecule has 25 heavy (non-hydrogen) atoms. The van der Waals surface area contributed by atoms with Gasteiger partial charge in [0.25, 0.3) is 10.0 Å². The molecule has 1 amide bonds. The molecule has 1 fully saturated rings. The van der Waals surface area contributed by atoms with E-state index in [0.29, 0.717) is 18.7 Å². The average Bonchev–Trinajstić information content (AvgIpc) is 2.58. The van der Waals surface area contributed by atoms with Crippen molar-refractivity contribution in [3.8, 4) is 0 Å². The number of nitrogens with zero attached hydrogens (tertiary/aromatic N) is 1. The van der Waals surface area contributed by atoms with Crippen LogP contribution in [0.4, 0.5) is 20.2 Å². The van der Waals surface area contributed by atoms with E-state index in [0.717, 1.165) is 31.0 Å². The van der Waals surface area contributed by atoms with Crippen LogP contribution in [0.1, 0.15) is 19.3 Å². The van der Waals surface area contributed by atoms with Crippen molar-refractivity contribution in [3.05, 3.63) is 54.1 Å². The molecule has 2 aromatic rings. The second-order valence-corrected chi connectivity index (χ2v) is 7.41. The van der Waals surface area contributed by atoms with E-state index in [9.17, 15) is 22.0 Å². The van der Waals surface area contributed by atoms with Crippen LogP contribution >= 0.6 is 0 Å². The van der Waals surface area contributed by atoms with Crippen molar-refractivity contribution in [2.75, 3.05) is 16.2 Å². The molecule has 0 bridgehead atoms. The Hall–Kier alpha value is -2.48. The zero-order valence-corrected chi connectivity index (χ0v) is 14.0. The van der Waals surface area contributed by atoms with Crippen LogP contribution in [0.25, 0.3) is 0 Å². The number of hydrogen-bond donors (Lipinski definition) is 1. The Morgan fingerprint density at radius 1 is 0.960 bits per heavy atom. The van der Waals surface area contributed by atoms with E-state index in [1.165, 1.54) is 12.1 Å². The number of halogens is 2. The standard InChI is InChI=1S/C17H16F2N2O3S/c18-15-9-4-12(11-16(15)19)20-25(23,24)14-7-5-13(6-8-14)21-10-2-1-3-17(21)22/h4-9,11,20H,1-3,10H2. The predicted octanol–water partition coefficient (Wildman–Crippen LogP) is 3.28. The summed E-state index contributed by atoms with van der Waals surface area (Å²) in [5.74, 6) is -2.18. The molecule has 0 atom stereocenters. The highest BCUT2D eigenvalue weighted by Gasteiger charge is 2.21. The van der Waals surface area contributed by atoms with Gasteiger partial charge in [-0.3, -0.25) is 9.52 Å². The van der Waals surface area contributed by atoms with Gasteiger partial charge in [0.15, 0.2) is 11.6 Å². The Morgan fingerprint density at radius 2 is 1.68 bits per heavy atom. The number of carbonyl (C=O) groups is 1. The molecule has 3 rings (SSSR count). The van der Waals surface area contributed by atoms with Crippen molar-refractivity contribution in [1.29, 1.82) is 0 Å². The SMILES string of the molecule is O=C1CCCCN1c1ccc(S(=O)(=O)Nc2ccc(F)c(F)c2)cc1. The Kier molecular flexibility index (Phi) is 4.71. The molecule has 1 saturated heterocycles. The first-order valence-electron chi connectivity index (χ1n) is 7.75. The molecule has 0 unspecified atom stereocenters. The lowest BCUT2D eigenvalue weighted by Gasteiger charge is -2.26. The van der Waals surface area contributed by atoms with E-state index in [1.54, 1.807) is 17.0 Å². The van der Waals surface area contributed by atoms with Crippen LogP contribution in [0.5, 0.6) is 0 Å². The number of anilines is 2. The summed E-state index contributed by atoms with van der Waals surface area (Å²) in [6, 6.07) is 8.62. The van der Waals surface area contributed by atoms with Crippen LogP contribution in [-0.4, -0.2) is 20.9 Å². The van der Waals surface area contributed by atoms with Crippen molar-refractivity contribution in [1.82, 2.24) is 0 Å². The maximum Gasteiger partial charge on any atom is 0.261 e. The minimum absolute atomic E-state index is 0.0155. The van der Waals surface area contributed by atoms with Gasteiger partial charge in [-0.15, -0.1) is 0 Å². The molecule has 0 aliphatic carbocycles. The van der Waals surface area contributed by atoms with Gasteiger partial charge in [0.05, 0.1) is 10.6 Å². The number of piperidine rings is 1. The predicted molar refractivity (Wildman–Crippen MR) is 89.8 cm³/mol. The fourth-order valence-electron chi connectivity index (χ4n) is 2.66. The van der Waals surface area contributed by atoms with Gasteiger partial charge in [-0.05, 0) is 49.2 Å². The van der Waals surface area contributed by atoms with Gasteiger partial charge in [0, 0.05) is 24.7 Å². The van der Waals surface area contributed by atoms with E-state index in [-0.39, 0.29) is 16.5 Å². The van der Waals surface area contributed by atoms with E-state index in [1.807, 2.05) is 0 Å². The third kappa shape index (κ3) is 3.79. The van der Waals surface area contributed by atoms with Gasteiger partial charge in [0.1, 0.15) is 0 Å². The van der Waals surface area contributed by atoms with Crippen LogP contribution in [-0.2, 0) is 14.8 Å². The summed E-state index contributed by atoms with van der Waals surface area (Å²) < 4.78 is 53.0.